The zero-order chi connectivity index (χ0) is 21.1. The number of nitrogens with one attached hydrogen (secondary N) is 2. The fraction of sp³-hybridized carbons (Fsp3) is 0.167. The van der Waals surface area contributed by atoms with Crippen LogP contribution in [0.15, 0.2) is 60.7 Å². The Labute approximate surface area is 180 Å². The molecule has 5 nitrogen and oxygen atoms in total. The van der Waals surface area contributed by atoms with Gasteiger partial charge in [0.25, 0.3) is 5.91 Å². The van der Waals surface area contributed by atoms with Gasteiger partial charge in [-0.1, -0.05) is 18.5 Å². The van der Waals surface area contributed by atoms with E-state index in [9.17, 15) is 4.79 Å². The summed E-state index contributed by atoms with van der Waals surface area (Å²) < 4.78 is 5.55. The number of H-pyrrole nitrogens is 1. The van der Waals surface area contributed by atoms with Gasteiger partial charge in [0.1, 0.15) is 11.6 Å². The van der Waals surface area contributed by atoms with Crippen molar-refractivity contribution in [2.45, 2.75) is 20.3 Å². The number of aryl methyl sites for hydroxylation is 1. The Bertz CT molecular complexity index is 1140. The third-order valence-electron chi connectivity index (χ3n) is 4.77. The molecule has 3 aromatic carbocycles. The summed E-state index contributed by atoms with van der Waals surface area (Å²) in [5.74, 6) is 1.35. The maximum Gasteiger partial charge on any atom is 0.255 e. The number of hydrogen-bond acceptors (Lipinski definition) is 3. The molecule has 0 bridgehead atoms. The van der Waals surface area contributed by atoms with E-state index in [0.29, 0.717) is 22.9 Å². The zero-order valence-electron chi connectivity index (χ0n) is 16.8. The molecule has 1 heterocycles. The average Bonchev–Trinajstić information content (AvgIpc) is 3.16. The first kappa shape index (κ1) is 20.0. The van der Waals surface area contributed by atoms with Gasteiger partial charge in [0.05, 0.1) is 17.6 Å². The molecule has 0 atom stereocenters. The van der Waals surface area contributed by atoms with Gasteiger partial charge < -0.3 is 15.0 Å². The number of halogens is 1. The number of benzene rings is 3. The Hall–Kier alpha value is -3.31. The third kappa shape index (κ3) is 4.31. The molecule has 152 valence electrons. The lowest BCUT2D eigenvalue weighted by Crippen LogP contribution is -2.11. The molecular formula is C24H22ClN3O2. The topological polar surface area (TPSA) is 67.0 Å². The second kappa shape index (κ2) is 8.59. The normalized spacial score (nSPS) is 10.9. The van der Waals surface area contributed by atoms with Gasteiger partial charge in [-0.3, -0.25) is 4.79 Å². The minimum Gasteiger partial charge on any atom is -0.494 e. The molecule has 6 heteroatoms. The van der Waals surface area contributed by atoms with Gasteiger partial charge in [0.2, 0.25) is 0 Å². The Balaban J connectivity index is 1.46. The first-order valence-corrected chi connectivity index (χ1v) is 10.2. The lowest BCUT2D eigenvalue weighted by Gasteiger charge is -2.08. The van der Waals surface area contributed by atoms with Crippen LogP contribution in [0.1, 0.15) is 29.3 Å². The molecule has 0 spiro atoms. The van der Waals surface area contributed by atoms with Crippen LogP contribution in [0.3, 0.4) is 0 Å². The number of nitrogens with zero attached hydrogens (tertiary/aromatic N) is 1. The summed E-state index contributed by atoms with van der Waals surface area (Å²) in [5, 5.41) is 3.61. The van der Waals surface area contributed by atoms with E-state index in [1.165, 1.54) is 0 Å². The van der Waals surface area contributed by atoms with Gasteiger partial charge >= 0.3 is 0 Å². The Morgan fingerprint density at radius 2 is 1.83 bits per heavy atom. The fourth-order valence-electron chi connectivity index (χ4n) is 3.11. The van der Waals surface area contributed by atoms with Crippen LogP contribution in [0.4, 0.5) is 5.69 Å². The van der Waals surface area contributed by atoms with Crippen molar-refractivity contribution >= 4 is 34.2 Å². The molecule has 1 amide bonds. The fourth-order valence-corrected chi connectivity index (χ4v) is 3.27. The van der Waals surface area contributed by atoms with Crippen molar-refractivity contribution in [3.63, 3.8) is 0 Å². The number of aromatic amines is 1. The number of rotatable bonds is 6. The van der Waals surface area contributed by atoms with Crippen LogP contribution in [-0.2, 0) is 0 Å². The van der Waals surface area contributed by atoms with E-state index in [0.717, 1.165) is 40.2 Å². The third-order valence-corrected chi connectivity index (χ3v) is 5.18. The highest BCUT2D eigenvalue weighted by Gasteiger charge is 2.09. The van der Waals surface area contributed by atoms with Gasteiger partial charge in [-0.15, -0.1) is 0 Å². The van der Waals surface area contributed by atoms with Crippen LogP contribution in [-0.4, -0.2) is 22.5 Å². The lowest BCUT2D eigenvalue weighted by molar-refractivity contribution is 0.102. The molecule has 4 aromatic rings. The van der Waals surface area contributed by atoms with E-state index in [1.54, 1.807) is 12.1 Å². The molecule has 0 saturated carbocycles. The van der Waals surface area contributed by atoms with Crippen LogP contribution in [0.2, 0.25) is 5.02 Å². The largest absolute Gasteiger partial charge is 0.494 e. The monoisotopic (exact) mass is 419 g/mol. The highest BCUT2D eigenvalue weighted by Crippen LogP contribution is 2.26. The van der Waals surface area contributed by atoms with Crippen molar-refractivity contribution in [2.24, 2.45) is 0 Å². The number of amides is 1. The second-order valence-electron chi connectivity index (χ2n) is 7.11. The van der Waals surface area contributed by atoms with E-state index >= 15 is 0 Å². The second-order valence-corrected chi connectivity index (χ2v) is 7.52. The molecule has 0 unspecified atom stereocenters. The molecule has 0 saturated heterocycles. The maximum absolute atomic E-state index is 12.5. The number of fused-ring (bicyclic) bond motifs is 1. The maximum atomic E-state index is 12.5. The number of hydrogen-bond donors (Lipinski definition) is 2. The molecular weight excluding hydrogens is 398 g/mol. The first-order valence-electron chi connectivity index (χ1n) is 9.84. The van der Waals surface area contributed by atoms with Crippen LogP contribution in [0, 0.1) is 6.92 Å². The molecule has 0 fully saturated rings. The quantitative estimate of drug-likeness (QED) is 0.389. The highest BCUT2D eigenvalue weighted by molar-refractivity contribution is 6.32. The molecule has 0 aliphatic carbocycles. The van der Waals surface area contributed by atoms with Crippen LogP contribution >= 0.6 is 11.6 Å². The number of aromatic nitrogens is 2. The Kier molecular flexibility index (Phi) is 5.72. The van der Waals surface area contributed by atoms with Gasteiger partial charge in [0, 0.05) is 21.8 Å². The van der Waals surface area contributed by atoms with E-state index in [4.69, 9.17) is 16.3 Å². The SMILES string of the molecule is CCCOc1ccc(C(=O)Nc2ccc(-c3nc4cc(Cl)c(C)cc4[nH]3)cc2)cc1. The van der Waals surface area contributed by atoms with Crippen LogP contribution in [0.5, 0.6) is 5.75 Å². The van der Waals surface area contributed by atoms with Crippen molar-refractivity contribution in [1.82, 2.24) is 9.97 Å². The van der Waals surface area contributed by atoms with E-state index in [-0.39, 0.29) is 5.91 Å². The molecule has 2 N–H and O–H groups in total. The van der Waals surface area contributed by atoms with Crippen LogP contribution < -0.4 is 10.1 Å². The molecule has 0 aliphatic heterocycles. The summed E-state index contributed by atoms with van der Waals surface area (Å²) >= 11 is 6.19. The summed E-state index contributed by atoms with van der Waals surface area (Å²) in [6.07, 6.45) is 0.944. The first-order chi connectivity index (χ1) is 14.5. The summed E-state index contributed by atoms with van der Waals surface area (Å²) in [7, 11) is 0. The lowest BCUT2D eigenvalue weighted by atomic mass is 10.1. The zero-order valence-corrected chi connectivity index (χ0v) is 17.6. The van der Waals surface area contributed by atoms with Gasteiger partial charge in [0.15, 0.2) is 0 Å². The predicted octanol–water partition coefficient (Wildman–Crippen LogP) is 6.23. The number of carbonyl (C=O) groups is 1. The van der Waals surface area contributed by atoms with E-state index in [2.05, 4.69) is 22.2 Å². The average molecular weight is 420 g/mol. The summed E-state index contributed by atoms with van der Waals surface area (Å²) in [6, 6.07) is 18.5. The Morgan fingerprint density at radius 3 is 2.53 bits per heavy atom. The molecule has 1 aromatic heterocycles. The van der Waals surface area contributed by atoms with Gasteiger partial charge in [-0.25, -0.2) is 4.98 Å². The van der Waals surface area contributed by atoms with Crippen LogP contribution in [0.25, 0.3) is 22.4 Å². The van der Waals surface area contributed by atoms with Gasteiger partial charge in [-0.05, 0) is 79.6 Å². The minimum atomic E-state index is -0.168. The molecule has 30 heavy (non-hydrogen) atoms. The summed E-state index contributed by atoms with van der Waals surface area (Å²) in [5.41, 5.74) is 4.98. The van der Waals surface area contributed by atoms with Crippen molar-refractivity contribution in [3.05, 3.63) is 76.8 Å². The van der Waals surface area contributed by atoms with Crippen molar-refractivity contribution in [3.8, 4) is 17.1 Å². The molecule has 0 radical (unpaired) electrons. The summed E-state index contributed by atoms with van der Waals surface area (Å²) in [4.78, 5) is 20.4. The van der Waals surface area contributed by atoms with Gasteiger partial charge in [-0.2, -0.15) is 0 Å². The standard InChI is InChI=1S/C24H22ClN3O2/c1-3-12-30-19-10-6-17(7-11-19)24(29)26-18-8-4-16(5-9-18)23-27-21-13-15(2)20(25)14-22(21)28-23/h4-11,13-14H,3,12H2,1-2H3,(H,26,29)(H,27,28). The van der Waals surface area contributed by atoms with Crippen molar-refractivity contribution < 1.29 is 9.53 Å². The number of anilines is 1. The Morgan fingerprint density at radius 1 is 1.10 bits per heavy atom. The number of imidazole rings is 1. The smallest absolute Gasteiger partial charge is 0.255 e. The molecule has 0 aliphatic rings. The van der Waals surface area contributed by atoms with E-state index in [1.807, 2.05) is 55.5 Å². The van der Waals surface area contributed by atoms with Crippen molar-refractivity contribution in [1.29, 1.82) is 0 Å². The number of ether oxygens (including phenoxy) is 1. The van der Waals surface area contributed by atoms with Crippen molar-refractivity contribution in [2.75, 3.05) is 11.9 Å². The highest BCUT2D eigenvalue weighted by atomic mass is 35.5. The minimum absolute atomic E-state index is 0.168. The predicted molar refractivity (Wildman–Crippen MR) is 121 cm³/mol. The summed E-state index contributed by atoms with van der Waals surface area (Å²) in [6.45, 7) is 4.68. The molecule has 4 rings (SSSR count). The number of carbonyl (C=O) groups excluding carboxylic acids is 1. The van der Waals surface area contributed by atoms with E-state index < -0.39 is 0 Å².